The highest BCUT2D eigenvalue weighted by molar-refractivity contribution is 6.04. The highest BCUT2D eigenvalue weighted by Crippen LogP contribution is 2.35. The number of hydrogen-bond donors (Lipinski definition) is 2. The summed E-state index contributed by atoms with van der Waals surface area (Å²) in [5.41, 5.74) is 4.78. The zero-order valence-electron chi connectivity index (χ0n) is 15.1. The van der Waals surface area contributed by atoms with Gasteiger partial charge in [-0.3, -0.25) is 9.78 Å². The first-order chi connectivity index (χ1) is 13.1. The Morgan fingerprint density at radius 1 is 0.963 bits per heavy atom. The van der Waals surface area contributed by atoms with Gasteiger partial charge in [0, 0.05) is 29.3 Å². The molecule has 1 aliphatic heterocycles. The van der Waals surface area contributed by atoms with Gasteiger partial charge in [0.25, 0.3) is 5.91 Å². The van der Waals surface area contributed by atoms with Crippen molar-refractivity contribution in [3.8, 4) is 11.5 Å². The lowest BCUT2D eigenvalue weighted by Gasteiger charge is -2.12. The fourth-order valence-corrected chi connectivity index (χ4v) is 2.96. The number of anilines is 3. The minimum atomic E-state index is -0.248. The van der Waals surface area contributed by atoms with Crippen molar-refractivity contribution in [1.82, 2.24) is 4.98 Å². The van der Waals surface area contributed by atoms with E-state index in [4.69, 9.17) is 9.47 Å². The highest BCUT2D eigenvalue weighted by atomic mass is 16.7. The number of aromatic nitrogens is 1. The Balaban J connectivity index is 1.53. The number of aryl methyl sites for hydroxylation is 2. The number of hydrogen-bond acceptors (Lipinski definition) is 5. The van der Waals surface area contributed by atoms with Crippen molar-refractivity contribution >= 4 is 23.0 Å². The van der Waals surface area contributed by atoms with Crippen LogP contribution in [-0.2, 0) is 0 Å². The quantitative estimate of drug-likeness (QED) is 0.719. The molecule has 27 heavy (non-hydrogen) atoms. The van der Waals surface area contributed by atoms with Gasteiger partial charge in [-0.15, -0.1) is 0 Å². The van der Waals surface area contributed by atoms with E-state index in [1.807, 2.05) is 50.2 Å². The molecule has 2 aromatic carbocycles. The second-order valence-electron chi connectivity index (χ2n) is 6.34. The van der Waals surface area contributed by atoms with Crippen molar-refractivity contribution in [1.29, 1.82) is 0 Å². The van der Waals surface area contributed by atoms with Gasteiger partial charge in [-0.2, -0.15) is 0 Å². The molecule has 0 saturated carbocycles. The molecule has 6 nitrogen and oxygen atoms in total. The monoisotopic (exact) mass is 361 g/mol. The van der Waals surface area contributed by atoms with Crippen molar-refractivity contribution < 1.29 is 14.3 Å². The lowest BCUT2D eigenvalue weighted by molar-refractivity contribution is 0.102. The van der Waals surface area contributed by atoms with Crippen LogP contribution in [0.25, 0.3) is 0 Å². The molecular weight excluding hydrogens is 342 g/mol. The van der Waals surface area contributed by atoms with Crippen molar-refractivity contribution in [2.45, 2.75) is 13.8 Å². The number of rotatable bonds is 4. The Kier molecular flexibility index (Phi) is 4.38. The Labute approximate surface area is 157 Å². The molecule has 1 aliphatic rings. The SMILES string of the molecule is Cc1cccc(C)c1NC(=O)c1cc(Nc2ccc3c(c2)OCO3)ccn1. The number of nitrogens with zero attached hydrogens (tertiary/aromatic N) is 1. The molecule has 0 bridgehead atoms. The third kappa shape index (κ3) is 3.55. The van der Waals surface area contributed by atoms with Gasteiger partial charge in [-0.1, -0.05) is 18.2 Å². The second-order valence-corrected chi connectivity index (χ2v) is 6.34. The molecule has 3 aromatic rings. The molecule has 0 radical (unpaired) electrons. The van der Waals surface area contributed by atoms with Crippen LogP contribution in [0.3, 0.4) is 0 Å². The zero-order valence-corrected chi connectivity index (χ0v) is 15.1. The maximum atomic E-state index is 12.6. The van der Waals surface area contributed by atoms with Crippen LogP contribution in [0.15, 0.2) is 54.7 Å². The second kappa shape index (κ2) is 6.99. The third-order valence-corrected chi connectivity index (χ3v) is 4.37. The van der Waals surface area contributed by atoms with Gasteiger partial charge in [-0.25, -0.2) is 0 Å². The first-order valence-electron chi connectivity index (χ1n) is 8.60. The average molecular weight is 361 g/mol. The van der Waals surface area contributed by atoms with E-state index in [0.717, 1.165) is 33.9 Å². The first kappa shape index (κ1) is 16.9. The van der Waals surface area contributed by atoms with Crippen molar-refractivity contribution in [3.63, 3.8) is 0 Å². The molecule has 136 valence electrons. The molecule has 0 saturated heterocycles. The van der Waals surface area contributed by atoms with Crippen LogP contribution >= 0.6 is 0 Å². The lowest BCUT2D eigenvalue weighted by Crippen LogP contribution is -2.15. The normalized spacial score (nSPS) is 11.9. The van der Waals surface area contributed by atoms with Crippen LogP contribution in [0.2, 0.25) is 0 Å². The first-order valence-corrected chi connectivity index (χ1v) is 8.60. The molecule has 6 heteroatoms. The van der Waals surface area contributed by atoms with Crippen LogP contribution in [0.4, 0.5) is 17.1 Å². The molecule has 0 aliphatic carbocycles. The number of nitrogens with one attached hydrogen (secondary N) is 2. The molecular formula is C21H19N3O3. The van der Waals surface area contributed by atoms with Gasteiger partial charge < -0.3 is 20.1 Å². The highest BCUT2D eigenvalue weighted by Gasteiger charge is 2.14. The lowest BCUT2D eigenvalue weighted by atomic mass is 10.1. The van der Waals surface area contributed by atoms with Gasteiger partial charge >= 0.3 is 0 Å². The minimum Gasteiger partial charge on any atom is -0.454 e. The van der Waals surface area contributed by atoms with E-state index in [0.29, 0.717) is 11.4 Å². The predicted octanol–water partition coefficient (Wildman–Crippen LogP) is 4.42. The Hall–Kier alpha value is -3.54. The van der Waals surface area contributed by atoms with E-state index in [9.17, 15) is 4.79 Å². The molecule has 2 heterocycles. The van der Waals surface area contributed by atoms with Gasteiger partial charge in [0.05, 0.1) is 0 Å². The summed E-state index contributed by atoms with van der Waals surface area (Å²) in [6.45, 7) is 4.16. The van der Waals surface area contributed by atoms with Gasteiger partial charge in [-0.05, 0) is 49.2 Å². The van der Waals surface area contributed by atoms with E-state index in [1.54, 1.807) is 18.3 Å². The van der Waals surface area contributed by atoms with Gasteiger partial charge in [0.1, 0.15) is 5.69 Å². The topological polar surface area (TPSA) is 72.5 Å². The zero-order chi connectivity index (χ0) is 18.8. The number of fused-ring (bicyclic) bond motifs is 1. The molecule has 0 fully saturated rings. The molecule has 4 rings (SSSR count). The number of para-hydroxylation sites is 1. The number of amides is 1. The van der Waals surface area contributed by atoms with Crippen molar-refractivity contribution in [3.05, 3.63) is 71.5 Å². The average Bonchev–Trinajstić information content (AvgIpc) is 3.13. The van der Waals surface area contributed by atoms with Crippen LogP contribution in [-0.4, -0.2) is 17.7 Å². The summed E-state index contributed by atoms with van der Waals surface area (Å²) in [7, 11) is 0. The maximum absolute atomic E-state index is 12.6. The van der Waals surface area contributed by atoms with Crippen molar-refractivity contribution in [2.75, 3.05) is 17.4 Å². The molecule has 0 unspecified atom stereocenters. The third-order valence-electron chi connectivity index (χ3n) is 4.37. The summed E-state index contributed by atoms with van der Waals surface area (Å²) in [6, 6.07) is 15.0. The van der Waals surface area contributed by atoms with E-state index < -0.39 is 0 Å². The largest absolute Gasteiger partial charge is 0.454 e. The van der Waals surface area contributed by atoms with E-state index in [-0.39, 0.29) is 12.7 Å². The summed E-state index contributed by atoms with van der Waals surface area (Å²) in [6.07, 6.45) is 1.61. The standard InChI is InChI=1S/C21H19N3O3/c1-13-4-3-5-14(2)20(13)24-21(25)17-10-16(8-9-22-17)23-15-6-7-18-19(11-15)27-12-26-18/h3-11H,12H2,1-2H3,(H,22,23)(H,24,25). The fourth-order valence-electron chi connectivity index (χ4n) is 2.96. The molecule has 0 atom stereocenters. The Morgan fingerprint density at radius 3 is 2.52 bits per heavy atom. The number of benzene rings is 2. The van der Waals surface area contributed by atoms with Gasteiger partial charge in [0.2, 0.25) is 6.79 Å². The predicted molar refractivity (Wildman–Crippen MR) is 104 cm³/mol. The van der Waals surface area contributed by atoms with Crippen molar-refractivity contribution in [2.24, 2.45) is 0 Å². The van der Waals surface area contributed by atoms with Crippen LogP contribution < -0.4 is 20.1 Å². The Morgan fingerprint density at radius 2 is 1.70 bits per heavy atom. The summed E-state index contributed by atoms with van der Waals surface area (Å²) >= 11 is 0. The maximum Gasteiger partial charge on any atom is 0.274 e. The van der Waals surface area contributed by atoms with E-state index in [1.165, 1.54) is 0 Å². The summed E-state index contributed by atoms with van der Waals surface area (Å²) in [4.78, 5) is 16.8. The van der Waals surface area contributed by atoms with Gasteiger partial charge in [0.15, 0.2) is 11.5 Å². The molecule has 1 amide bonds. The number of pyridine rings is 1. The van der Waals surface area contributed by atoms with E-state index in [2.05, 4.69) is 15.6 Å². The molecule has 2 N–H and O–H groups in total. The molecule has 0 spiro atoms. The number of ether oxygens (including phenoxy) is 2. The number of carbonyl (C=O) groups is 1. The summed E-state index contributed by atoms with van der Waals surface area (Å²) in [5, 5.41) is 6.21. The smallest absolute Gasteiger partial charge is 0.274 e. The molecule has 1 aromatic heterocycles. The van der Waals surface area contributed by atoms with Crippen LogP contribution in [0.1, 0.15) is 21.6 Å². The fraction of sp³-hybridized carbons (Fsp3) is 0.143. The van der Waals surface area contributed by atoms with Crippen LogP contribution in [0.5, 0.6) is 11.5 Å². The number of carbonyl (C=O) groups excluding carboxylic acids is 1. The van der Waals surface area contributed by atoms with E-state index >= 15 is 0 Å². The minimum absolute atomic E-state index is 0.233. The van der Waals surface area contributed by atoms with Crippen LogP contribution in [0, 0.1) is 13.8 Å². The summed E-state index contributed by atoms with van der Waals surface area (Å²) < 4.78 is 10.7. The summed E-state index contributed by atoms with van der Waals surface area (Å²) in [5.74, 6) is 1.17. The Bertz CT molecular complexity index is 997.